The molecule has 0 saturated carbocycles. The van der Waals surface area contributed by atoms with E-state index < -0.39 is 0 Å². The van der Waals surface area contributed by atoms with Crippen molar-refractivity contribution in [2.45, 2.75) is 13.0 Å². The molecule has 0 radical (unpaired) electrons. The third kappa shape index (κ3) is 4.20. The van der Waals surface area contributed by atoms with E-state index in [1.165, 1.54) is 5.56 Å². The van der Waals surface area contributed by atoms with Gasteiger partial charge in [0.2, 0.25) is 5.76 Å². The lowest BCUT2D eigenvalue weighted by Crippen LogP contribution is -2.32. The fraction of sp³-hybridized carbons (Fsp3) is 0.130. The van der Waals surface area contributed by atoms with Gasteiger partial charge >= 0.3 is 0 Å². The van der Waals surface area contributed by atoms with Gasteiger partial charge in [0.25, 0.3) is 5.91 Å². The molecule has 0 bridgehead atoms. The third-order valence-electron chi connectivity index (χ3n) is 4.51. The molecule has 2 aromatic heterocycles. The van der Waals surface area contributed by atoms with E-state index in [1.807, 2.05) is 48.5 Å². The van der Waals surface area contributed by atoms with Crippen molar-refractivity contribution in [1.82, 2.24) is 10.1 Å². The van der Waals surface area contributed by atoms with E-state index in [0.29, 0.717) is 24.6 Å². The Morgan fingerprint density at radius 3 is 2.25 bits per heavy atom. The zero-order valence-electron chi connectivity index (χ0n) is 15.3. The molecular formula is C23H20N2O3. The summed E-state index contributed by atoms with van der Waals surface area (Å²) < 4.78 is 10.6. The number of aromatic nitrogens is 1. The largest absolute Gasteiger partial charge is 0.461 e. The highest BCUT2D eigenvalue weighted by molar-refractivity contribution is 5.93. The van der Waals surface area contributed by atoms with Crippen molar-refractivity contribution in [3.05, 3.63) is 102 Å². The fourth-order valence-corrected chi connectivity index (χ4v) is 3.04. The Labute approximate surface area is 163 Å². The van der Waals surface area contributed by atoms with E-state index in [4.69, 9.17) is 8.94 Å². The quantitative estimate of drug-likeness (QED) is 0.467. The molecule has 5 heteroatoms. The number of rotatable bonds is 7. The van der Waals surface area contributed by atoms with E-state index in [9.17, 15) is 4.79 Å². The highest BCUT2D eigenvalue weighted by Crippen LogP contribution is 2.21. The SMILES string of the molecule is O=C(c1cc(-c2ccco2)on1)N(CCc1ccccc1)Cc1ccccc1. The van der Waals surface area contributed by atoms with Gasteiger partial charge in [-0.05, 0) is 29.7 Å². The number of carbonyl (C=O) groups is 1. The molecule has 0 unspecified atom stereocenters. The summed E-state index contributed by atoms with van der Waals surface area (Å²) in [5, 5.41) is 3.96. The number of carbonyl (C=O) groups excluding carboxylic acids is 1. The van der Waals surface area contributed by atoms with E-state index in [1.54, 1.807) is 29.4 Å². The minimum Gasteiger partial charge on any atom is -0.461 e. The van der Waals surface area contributed by atoms with Crippen LogP contribution in [0.5, 0.6) is 0 Å². The molecule has 140 valence electrons. The fourth-order valence-electron chi connectivity index (χ4n) is 3.04. The summed E-state index contributed by atoms with van der Waals surface area (Å²) in [5.74, 6) is 0.822. The van der Waals surface area contributed by atoms with Crippen molar-refractivity contribution < 1.29 is 13.7 Å². The minimum absolute atomic E-state index is 0.165. The number of nitrogens with zero attached hydrogens (tertiary/aromatic N) is 2. The van der Waals surface area contributed by atoms with Crippen LogP contribution in [0.3, 0.4) is 0 Å². The van der Waals surface area contributed by atoms with Crippen LogP contribution < -0.4 is 0 Å². The van der Waals surface area contributed by atoms with Gasteiger partial charge < -0.3 is 13.8 Å². The van der Waals surface area contributed by atoms with E-state index in [2.05, 4.69) is 17.3 Å². The van der Waals surface area contributed by atoms with Crippen LogP contribution in [-0.4, -0.2) is 22.5 Å². The lowest BCUT2D eigenvalue weighted by molar-refractivity contribution is 0.0734. The molecule has 0 aliphatic heterocycles. The molecule has 5 nitrogen and oxygen atoms in total. The molecule has 0 aliphatic rings. The van der Waals surface area contributed by atoms with Gasteiger partial charge in [0.15, 0.2) is 11.5 Å². The van der Waals surface area contributed by atoms with Crippen LogP contribution in [0.25, 0.3) is 11.5 Å². The van der Waals surface area contributed by atoms with Crippen LogP contribution in [0.15, 0.2) is 94.1 Å². The Kier molecular flexibility index (Phi) is 5.33. The second-order valence-corrected chi connectivity index (χ2v) is 6.50. The maximum atomic E-state index is 13.1. The highest BCUT2D eigenvalue weighted by atomic mass is 16.5. The predicted molar refractivity (Wildman–Crippen MR) is 106 cm³/mol. The zero-order valence-corrected chi connectivity index (χ0v) is 15.3. The summed E-state index contributed by atoms with van der Waals surface area (Å²) in [6, 6.07) is 25.2. The van der Waals surface area contributed by atoms with Crippen molar-refractivity contribution in [3.63, 3.8) is 0 Å². The van der Waals surface area contributed by atoms with Gasteiger partial charge in [-0.2, -0.15) is 0 Å². The molecular weight excluding hydrogens is 352 g/mol. The zero-order chi connectivity index (χ0) is 19.2. The van der Waals surface area contributed by atoms with Crippen molar-refractivity contribution in [3.8, 4) is 11.5 Å². The summed E-state index contributed by atoms with van der Waals surface area (Å²) in [5.41, 5.74) is 2.53. The summed E-state index contributed by atoms with van der Waals surface area (Å²) >= 11 is 0. The Morgan fingerprint density at radius 1 is 0.857 bits per heavy atom. The number of hydrogen-bond acceptors (Lipinski definition) is 4. The summed E-state index contributed by atoms with van der Waals surface area (Å²) in [4.78, 5) is 14.9. The molecule has 0 atom stereocenters. The average Bonchev–Trinajstić information content (AvgIpc) is 3.44. The summed E-state index contributed by atoms with van der Waals surface area (Å²) in [6.45, 7) is 1.09. The molecule has 1 amide bonds. The second-order valence-electron chi connectivity index (χ2n) is 6.50. The van der Waals surface area contributed by atoms with Crippen LogP contribution in [0.1, 0.15) is 21.6 Å². The Hall–Kier alpha value is -3.60. The maximum absolute atomic E-state index is 13.1. The number of furan rings is 1. The van der Waals surface area contributed by atoms with Gasteiger partial charge in [0, 0.05) is 19.2 Å². The Bertz CT molecular complexity index is 1010. The van der Waals surface area contributed by atoms with Crippen molar-refractivity contribution in [2.75, 3.05) is 6.54 Å². The van der Waals surface area contributed by atoms with Gasteiger partial charge in [-0.15, -0.1) is 0 Å². The summed E-state index contributed by atoms with van der Waals surface area (Å²) in [6.07, 6.45) is 2.32. The lowest BCUT2D eigenvalue weighted by atomic mass is 10.1. The van der Waals surface area contributed by atoms with Crippen LogP contribution in [0, 0.1) is 0 Å². The third-order valence-corrected chi connectivity index (χ3v) is 4.51. The van der Waals surface area contributed by atoms with E-state index >= 15 is 0 Å². The number of amides is 1. The molecule has 0 N–H and O–H groups in total. The van der Waals surface area contributed by atoms with Gasteiger partial charge in [0.05, 0.1) is 6.26 Å². The van der Waals surface area contributed by atoms with Crippen molar-refractivity contribution in [2.24, 2.45) is 0 Å². The number of hydrogen-bond donors (Lipinski definition) is 0. The molecule has 28 heavy (non-hydrogen) atoms. The molecule has 0 fully saturated rings. The molecule has 0 spiro atoms. The van der Waals surface area contributed by atoms with Crippen LogP contribution in [0.2, 0.25) is 0 Å². The van der Waals surface area contributed by atoms with E-state index in [0.717, 1.165) is 12.0 Å². The normalized spacial score (nSPS) is 10.7. The van der Waals surface area contributed by atoms with E-state index in [-0.39, 0.29) is 11.6 Å². The molecule has 4 rings (SSSR count). The van der Waals surface area contributed by atoms with Gasteiger partial charge in [0.1, 0.15) is 0 Å². The number of benzene rings is 2. The topological polar surface area (TPSA) is 59.5 Å². The van der Waals surface area contributed by atoms with Crippen LogP contribution in [-0.2, 0) is 13.0 Å². The molecule has 0 aliphatic carbocycles. The monoisotopic (exact) mass is 372 g/mol. The van der Waals surface area contributed by atoms with Crippen LogP contribution in [0.4, 0.5) is 0 Å². The Balaban J connectivity index is 1.54. The first-order chi connectivity index (χ1) is 13.8. The predicted octanol–water partition coefficient (Wildman–Crippen LogP) is 4.82. The first kappa shape index (κ1) is 17.8. The molecule has 2 aromatic carbocycles. The summed E-state index contributed by atoms with van der Waals surface area (Å²) in [7, 11) is 0. The minimum atomic E-state index is -0.165. The molecule has 4 aromatic rings. The van der Waals surface area contributed by atoms with Gasteiger partial charge in [-0.25, -0.2) is 0 Å². The van der Waals surface area contributed by atoms with Gasteiger partial charge in [-0.3, -0.25) is 4.79 Å². The second kappa shape index (κ2) is 8.39. The first-order valence-electron chi connectivity index (χ1n) is 9.17. The highest BCUT2D eigenvalue weighted by Gasteiger charge is 2.21. The smallest absolute Gasteiger partial charge is 0.276 e. The van der Waals surface area contributed by atoms with Crippen molar-refractivity contribution in [1.29, 1.82) is 0 Å². The lowest BCUT2D eigenvalue weighted by Gasteiger charge is -2.22. The maximum Gasteiger partial charge on any atom is 0.276 e. The van der Waals surface area contributed by atoms with Crippen molar-refractivity contribution >= 4 is 5.91 Å². The average molecular weight is 372 g/mol. The molecule has 2 heterocycles. The van der Waals surface area contributed by atoms with Crippen LogP contribution >= 0.6 is 0 Å². The van der Waals surface area contributed by atoms with Gasteiger partial charge in [-0.1, -0.05) is 65.8 Å². The first-order valence-corrected chi connectivity index (χ1v) is 9.17. The molecule has 0 saturated heterocycles. The Morgan fingerprint density at radius 2 is 1.57 bits per heavy atom. The standard InChI is InChI=1S/C23H20N2O3/c26-23(20-16-22(28-24-20)21-12-7-15-27-21)25(17-19-10-5-2-6-11-19)14-13-18-8-3-1-4-9-18/h1-12,15-16H,13-14,17H2.